The lowest BCUT2D eigenvalue weighted by atomic mass is 9.78. The number of methoxy groups -OCH3 is 1. The molecule has 0 spiro atoms. The highest BCUT2D eigenvalue weighted by molar-refractivity contribution is 4.82. The van der Waals surface area contributed by atoms with Crippen LogP contribution in [-0.2, 0) is 4.74 Å². The fourth-order valence-corrected chi connectivity index (χ4v) is 2.57. The van der Waals surface area contributed by atoms with Gasteiger partial charge in [-0.05, 0) is 24.2 Å². The van der Waals surface area contributed by atoms with Crippen LogP contribution in [0.3, 0.4) is 0 Å². The van der Waals surface area contributed by atoms with Crippen LogP contribution in [0.4, 0.5) is 0 Å². The van der Waals surface area contributed by atoms with E-state index >= 15 is 0 Å². The van der Waals surface area contributed by atoms with Gasteiger partial charge >= 0.3 is 0 Å². The van der Waals surface area contributed by atoms with Gasteiger partial charge in [0, 0.05) is 26.3 Å². The summed E-state index contributed by atoms with van der Waals surface area (Å²) in [6.07, 6.45) is 4.15. The molecule has 0 heterocycles. The fraction of sp³-hybridized carbons (Fsp3) is 1.00. The van der Waals surface area contributed by atoms with E-state index in [1.807, 2.05) is 0 Å². The van der Waals surface area contributed by atoms with Crippen molar-refractivity contribution in [2.45, 2.75) is 46.1 Å². The molecule has 1 fully saturated rings. The van der Waals surface area contributed by atoms with Gasteiger partial charge in [-0.2, -0.15) is 0 Å². The van der Waals surface area contributed by atoms with Crippen molar-refractivity contribution in [2.75, 3.05) is 20.3 Å². The Morgan fingerprint density at radius 1 is 1.33 bits per heavy atom. The molecular weight excluding hydrogens is 186 g/mol. The third kappa shape index (κ3) is 4.12. The Morgan fingerprint density at radius 2 is 2.07 bits per heavy atom. The summed E-state index contributed by atoms with van der Waals surface area (Å²) in [5.41, 5.74) is 0. The normalized spacial score (nSPS) is 34.0. The van der Waals surface area contributed by atoms with Crippen molar-refractivity contribution >= 4 is 0 Å². The summed E-state index contributed by atoms with van der Waals surface area (Å²) in [6, 6.07) is 0.730. The largest absolute Gasteiger partial charge is 0.384 e. The molecule has 1 N–H and O–H groups in total. The molecule has 1 aliphatic carbocycles. The first-order chi connectivity index (χ1) is 7.15. The molecule has 2 nitrogen and oxygen atoms in total. The zero-order valence-electron chi connectivity index (χ0n) is 10.8. The number of hydrogen-bond acceptors (Lipinski definition) is 2. The van der Waals surface area contributed by atoms with E-state index in [0.29, 0.717) is 5.92 Å². The molecule has 0 aliphatic heterocycles. The molecule has 0 aromatic carbocycles. The predicted molar refractivity (Wildman–Crippen MR) is 65.0 cm³/mol. The quantitative estimate of drug-likeness (QED) is 0.758. The summed E-state index contributed by atoms with van der Waals surface area (Å²) in [5.74, 6) is 2.34. The summed E-state index contributed by atoms with van der Waals surface area (Å²) in [6.45, 7) is 8.98. The molecule has 0 radical (unpaired) electrons. The van der Waals surface area contributed by atoms with Crippen molar-refractivity contribution in [2.24, 2.45) is 17.8 Å². The van der Waals surface area contributed by atoms with E-state index in [-0.39, 0.29) is 0 Å². The first kappa shape index (κ1) is 13.0. The van der Waals surface area contributed by atoms with Gasteiger partial charge in [-0.1, -0.05) is 33.6 Å². The molecule has 0 amide bonds. The third-order valence-electron chi connectivity index (χ3n) is 3.89. The average molecular weight is 213 g/mol. The monoisotopic (exact) mass is 213 g/mol. The van der Waals surface area contributed by atoms with E-state index in [2.05, 4.69) is 26.1 Å². The molecule has 0 bridgehead atoms. The van der Waals surface area contributed by atoms with Gasteiger partial charge in [0.25, 0.3) is 0 Å². The highest BCUT2D eigenvalue weighted by atomic mass is 16.5. The van der Waals surface area contributed by atoms with Gasteiger partial charge in [0.05, 0.1) is 0 Å². The van der Waals surface area contributed by atoms with E-state index in [0.717, 1.165) is 31.0 Å². The molecule has 0 aromatic rings. The molecule has 4 unspecified atom stereocenters. The van der Waals surface area contributed by atoms with Crippen molar-refractivity contribution < 1.29 is 4.74 Å². The topological polar surface area (TPSA) is 21.3 Å². The number of rotatable bonds is 5. The second kappa shape index (κ2) is 6.49. The van der Waals surface area contributed by atoms with Crippen LogP contribution in [0.2, 0.25) is 0 Å². The fourth-order valence-electron chi connectivity index (χ4n) is 2.57. The first-order valence-electron chi connectivity index (χ1n) is 6.37. The Bertz CT molecular complexity index is 172. The maximum atomic E-state index is 5.15. The van der Waals surface area contributed by atoms with Gasteiger partial charge in [0.15, 0.2) is 0 Å². The summed E-state index contributed by atoms with van der Waals surface area (Å²) >= 11 is 0. The van der Waals surface area contributed by atoms with E-state index in [1.54, 1.807) is 7.11 Å². The van der Waals surface area contributed by atoms with Crippen molar-refractivity contribution in [1.82, 2.24) is 5.32 Å². The second-order valence-electron chi connectivity index (χ2n) is 5.34. The van der Waals surface area contributed by atoms with Gasteiger partial charge in [0.1, 0.15) is 0 Å². The lowest BCUT2D eigenvalue weighted by molar-refractivity contribution is 0.146. The molecule has 15 heavy (non-hydrogen) atoms. The average Bonchev–Trinajstić information content (AvgIpc) is 2.21. The van der Waals surface area contributed by atoms with Crippen LogP contribution < -0.4 is 5.32 Å². The van der Waals surface area contributed by atoms with Crippen LogP contribution in [0.25, 0.3) is 0 Å². The van der Waals surface area contributed by atoms with Gasteiger partial charge in [-0.15, -0.1) is 0 Å². The summed E-state index contributed by atoms with van der Waals surface area (Å²) < 4.78 is 5.15. The Morgan fingerprint density at radius 3 is 2.73 bits per heavy atom. The second-order valence-corrected chi connectivity index (χ2v) is 5.34. The standard InChI is InChI=1S/C13H27NO/c1-10(9-15-4)8-14-13-7-5-6-11(2)12(13)3/h10-14H,5-9H2,1-4H3. The van der Waals surface area contributed by atoms with Crippen LogP contribution in [0, 0.1) is 17.8 Å². The Labute approximate surface area is 94.8 Å². The molecule has 1 aliphatic rings. The van der Waals surface area contributed by atoms with Crippen molar-refractivity contribution in [3.63, 3.8) is 0 Å². The van der Waals surface area contributed by atoms with Crippen molar-refractivity contribution in [1.29, 1.82) is 0 Å². The van der Waals surface area contributed by atoms with Crippen LogP contribution in [0.1, 0.15) is 40.0 Å². The lowest BCUT2D eigenvalue weighted by Gasteiger charge is -2.35. The maximum absolute atomic E-state index is 5.15. The lowest BCUT2D eigenvalue weighted by Crippen LogP contribution is -2.42. The summed E-state index contributed by atoms with van der Waals surface area (Å²) in [7, 11) is 1.78. The van der Waals surface area contributed by atoms with Gasteiger partial charge in [-0.25, -0.2) is 0 Å². The number of hydrogen-bond donors (Lipinski definition) is 1. The Hall–Kier alpha value is -0.0800. The number of nitrogens with one attached hydrogen (secondary N) is 1. The van der Waals surface area contributed by atoms with Crippen LogP contribution >= 0.6 is 0 Å². The van der Waals surface area contributed by atoms with E-state index in [1.165, 1.54) is 19.3 Å². The van der Waals surface area contributed by atoms with E-state index in [4.69, 9.17) is 4.74 Å². The van der Waals surface area contributed by atoms with Crippen molar-refractivity contribution in [3.8, 4) is 0 Å². The summed E-state index contributed by atoms with van der Waals surface area (Å²) in [4.78, 5) is 0. The summed E-state index contributed by atoms with van der Waals surface area (Å²) in [5, 5.41) is 3.71. The van der Waals surface area contributed by atoms with Gasteiger partial charge in [0.2, 0.25) is 0 Å². The minimum atomic E-state index is 0.624. The molecular formula is C13H27NO. The zero-order valence-corrected chi connectivity index (χ0v) is 10.8. The first-order valence-corrected chi connectivity index (χ1v) is 6.37. The minimum Gasteiger partial charge on any atom is -0.384 e. The molecule has 90 valence electrons. The van der Waals surface area contributed by atoms with Crippen LogP contribution in [0.15, 0.2) is 0 Å². The smallest absolute Gasteiger partial charge is 0.0499 e. The third-order valence-corrected chi connectivity index (χ3v) is 3.89. The van der Waals surface area contributed by atoms with E-state index < -0.39 is 0 Å². The highest BCUT2D eigenvalue weighted by Gasteiger charge is 2.26. The van der Waals surface area contributed by atoms with E-state index in [9.17, 15) is 0 Å². The predicted octanol–water partition coefficient (Wildman–Crippen LogP) is 2.68. The molecule has 0 aromatic heterocycles. The van der Waals surface area contributed by atoms with Crippen LogP contribution in [0.5, 0.6) is 0 Å². The molecule has 1 saturated carbocycles. The maximum Gasteiger partial charge on any atom is 0.0499 e. The SMILES string of the molecule is COCC(C)CNC1CCCC(C)C1C. The zero-order chi connectivity index (χ0) is 11.3. The molecule has 2 heteroatoms. The van der Waals surface area contributed by atoms with Crippen LogP contribution in [-0.4, -0.2) is 26.3 Å². The molecule has 1 rings (SSSR count). The van der Waals surface area contributed by atoms with Gasteiger partial charge in [-0.3, -0.25) is 0 Å². The Kier molecular flexibility index (Phi) is 5.62. The number of ether oxygens (including phenoxy) is 1. The minimum absolute atomic E-state index is 0.624. The highest BCUT2D eigenvalue weighted by Crippen LogP contribution is 2.29. The van der Waals surface area contributed by atoms with Crippen molar-refractivity contribution in [3.05, 3.63) is 0 Å². The molecule has 0 saturated heterocycles. The van der Waals surface area contributed by atoms with Gasteiger partial charge < -0.3 is 10.1 Å². The molecule has 4 atom stereocenters. The Balaban J connectivity index is 2.25.